The summed E-state index contributed by atoms with van der Waals surface area (Å²) in [4.78, 5) is 36.6. The van der Waals surface area contributed by atoms with Crippen LogP contribution in [0.15, 0.2) is 28.7 Å². The lowest BCUT2D eigenvalue weighted by Gasteiger charge is -2.34. The molecule has 0 saturated carbocycles. The highest BCUT2D eigenvalue weighted by molar-refractivity contribution is 9.10. The number of nitrogens with zero attached hydrogens (tertiary/aromatic N) is 1. The molecule has 4 amide bonds. The van der Waals surface area contributed by atoms with Crippen molar-refractivity contribution in [1.82, 2.24) is 5.32 Å². The van der Waals surface area contributed by atoms with E-state index in [0.29, 0.717) is 5.69 Å². The van der Waals surface area contributed by atoms with Gasteiger partial charge in [-0.25, -0.2) is 9.69 Å². The number of benzene rings is 1. The van der Waals surface area contributed by atoms with Crippen LogP contribution in [0.2, 0.25) is 0 Å². The Morgan fingerprint density at radius 2 is 1.89 bits per heavy atom. The van der Waals surface area contributed by atoms with Gasteiger partial charge in [-0.2, -0.15) is 0 Å². The van der Waals surface area contributed by atoms with Crippen molar-refractivity contribution in [2.24, 2.45) is 5.41 Å². The third-order valence-electron chi connectivity index (χ3n) is 2.80. The normalized spacial score (nSPS) is 18.8. The number of halogens is 1. The molecule has 0 unspecified atom stereocenters. The first kappa shape index (κ1) is 12.8. The standard InChI is InChI=1S/C12H11BrN2O3/c1-12(2)9(16)14-11(18)15(10(12)17)8-5-3-4-7(13)6-8/h3-6H,1-2H3,(H,14,16,18). The lowest BCUT2D eigenvalue weighted by Crippen LogP contribution is -2.62. The van der Waals surface area contributed by atoms with Crippen LogP contribution in [0.4, 0.5) is 10.5 Å². The Morgan fingerprint density at radius 3 is 2.50 bits per heavy atom. The third kappa shape index (κ3) is 1.92. The van der Waals surface area contributed by atoms with E-state index in [2.05, 4.69) is 21.2 Å². The van der Waals surface area contributed by atoms with Crippen LogP contribution in [0.1, 0.15) is 13.8 Å². The van der Waals surface area contributed by atoms with E-state index in [1.807, 2.05) is 0 Å². The molecule has 1 aromatic carbocycles. The predicted octanol–water partition coefficient (Wildman–Crippen LogP) is 2.06. The molecule has 18 heavy (non-hydrogen) atoms. The fourth-order valence-electron chi connectivity index (χ4n) is 1.63. The lowest BCUT2D eigenvalue weighted by molar-refractivity contribution is -0.140. The molecule has 0 aromatic heterocycles. The van der Waals surface area contributed by atoms with Gasteiger partial charge in [-0.15, -0.1) is 0 Å². The van der Waals surface area contributed by atoms with Crippen molar-refractivity contribution in [3.63, 3.8) is 0 Å². The molecule has 1 aliphatic heterocycles. The molecule has 1 saturated heterocycles. The molecule has 5 nitrogen and oxygen atoms in total. The van der Waals surface area contributed by atoms with Gasteiger partial charge >= 0.3 is 6.03 Å². The van der Waals surface area contributed by atoms with Crippen molar-refractivity contribution in [3.8, 4) is 0 Å². The van der Waals surface area contributed by atoms with E-state index in [0.717, 1.165) is 9.37 Å². The van der Waals surface area contributed by atoms with Gasteiger partial charge in [0, 0.05) is 4.47 Å². The number of barbiturate groups is 1. The zero-order valence-corrected chi connectivity index (χ0v) is 11.4. The largest absolute Gasteiger partial charge is 0.335 e. The Bertz CT molecular complexity index is 554. The summed E-state index contributed by atoms with van der Waals surface area (Å²) < 4.78 is 0.746. The van der Waals surface area contributed by atoms with Crippen molar-refractivity contribution >= 4 is 39.5 Å². The van der Waals surface area contributed by atoms with Crippen molar-refractivity contribution in [3.05, 3.63) is 28.7 Å². The summed E-state index contributed by atoms with van der Waals surface area (Å²) in [6.07, 6.45) is 0. The van der Waals surface area contributed by atoms with E-state index in [1.165, 1.54) is 13.8 Å². The minimum Gasteiger partial charge on any atom is -0.276 e. The molecule has 0 aliphatic carbocycles. The summed E-state index contributed by atoms with van der Waals surface area (Å²) >= 11 is 3.27. The smallest absolute Gasteiger partial charge is 0.276 e. The quantitative estimate of drug-likeness (QED) is 0.807. The Morgan fingerprint density at radius 1 is 1.22 bits per heavy atom. The third-order valence-corrected chi connectivity index (χ3v) is 3.29. The Labute approximate surface area is 112 Å². The Hall–Kier alpha value is -1.69. The molecule has 2 rings (SSSR count). The van der Waals surface area contributed by atoms with E-state index in [-0.39, 0.29) is 0 Å². The van der Waals surface area contributed by atoms with E-state index in [1.54, 1.807) is 24.3 Å². The summed E-state index contributed by atoms with van der Waals surface area (Å²) in [5, 5.41) is 2.18. The van der Waals surface area contributed by atoms with Crippen LogP contribution in [0, 0.1) is 5.41 Å². The summed E-state index contributed by atoms with van der Waals surface area (Å²) in [5.41, 5.74) is -0.830. The first-order chi connectivity index (χ1) is 8.34. The predicted molar refractivity (Wildman–Crippen MR) is 68.9 cm³/mol. The lowest BCUT2D eigenvalue weighted by atomic mass is 9.88. The second-order valence-corrected chi connectivity index (χ2v) is 5.42. The fraction of sp³-hybridized carbons (Fsp3) is 0.250. The van der Waals surface area contributed by atoms with E-state index in [9.17, 15) is 14.4 Å². The van der Waals surface area contributed by atoms with Crippen LogP contribution in [0.5, 0.6) is 0 Å². The molecule has 1 fully saturated rings. The van der Waals surface area contributed by atoms with Gasteiger partial charge in [0.15, 0.2) is 0 Å². The molecule has 1 heterocycles. The zero-order valence-electron chi connectivity index (χ0n) is 9.86. The Balaban J connectivity index is 2.47. The van der Waals surface area contributed by atoms with Crippen LogP contribution < -0.4 is 10.2 Å². The number of urea groups is 1. The fourth-order valence-corrected chi connectivity index (χ4v) is 2.02. The number of carbonyl (C=O) groups is 3. The molecule has 1 aromatic rings. The zero-order chi connectivity index (χ0) is 13.5. The molecule has 0 radical (unpaired) electrons. The summed E-state index contributed by atoms with van der Waals surface area (Å²) in [6.45, 7) is 2.98. The van der Waals surface area contributed by atoms with Crippen molar-refractivity contribution in [2.75, 3.05) is 4.90 Å². The maximum absolute atomic E-state index is 12.2. The van der Waals surface area contributed by atoms with Gasteiger partial charge in [0.2, 0.25) is 11.8 Å². The monoisotopic (exact) mass is 310 g/mol. The highest BCUT2D eigenvalue weighted by Crippen LogP contribution is 2.29. The van der Waals surface area contributed by atoms with E-state index < -0.39 is 23.3 Å². The second kappa shape index (κ2) is 4.20. The van der Waals surface area contributed by atoms with Crippen LogP contribution in [0.25, 0.3) is 0 Å². The van der Waals surface area contributed by atoms with E-state index in [4.69, 9.17) is 0 Å². The molecule has 0 bridgehead atoms. The summed E-state index contributed by atoms with van der Waals surface area (Å²) in [7, 11) is 0. The van der Waals surface area contributed by atoms with Crippen LogP contribution in [-0.2, 0) is 9.59 Å². The van der Waals surface area contributed by atoms with Crippen molar-refractivity contribution in [1.29, 1.82) is 0 Å². The molecular formula is C12H11BrN2O3. The molecule has 6 heteroatoms. The molecular weight excluding hydrogens is 300 g/mol. The molecule has 1 aliphatic rings. The van der Waals surface area contributed by atoms with E-state index >= 15 is 0 Å². The number of nitrogens with one attached hydrogen (secondary N) is 1. The van der Waals surface area contributed by atoms with Crippen LogP contribution in [-0.4, -0.2) is 17.8 Å². The molecule has 0 spiro atoms. The van der Waals surface area contributed by atoms with Crippen LogP contribution in [0.3, 0.4) is 0 Å². The number of anilines is 1. The molecule has 0 atom stereocenters. The van der Waals surface area contributed by atoms with Crippen molar-refractivity contribution < 1.29 is 14.4 Å². The van der Waals surface area contributed by atoms with Gasteiger partial charge in [0.25, 0.3) is 0 Å². The highest BCUT2D eigenvalue weighted by atomic mass is 79.9. The Kier molecular flexibility index (Phi) is 2.98. The van der Waals surface area contributed by atoms with Crippen LogP contribution >= 0.6 is 15.9 Å². The summed E-state index contributed by atoms with van der Waals surface area (Å²) in [6, 6.07) is 6.05. The average Bonchev–Trinajstić information content (AvgIpc) is 2.27. The van der Waals surface area contributed by atoms with Gasteiger partial charge in [-0.3, -0.25) is 14.9 Å². The van der Waals surface area contributed by atoms with Gasteiger partial charge in [-0.1, -0.05) is 22.0 Å². The topological polar surface area (TPSA) is 66.5 Å². The average molecular weight is 311 g/mol. The number of carbonyl (C=O) groups excluding carboxylic acids is 3. The molecule has 94 valence electrons. The minimum absolute atomic E-state index is 0.424. The highest BCUT2D eigenvalue weighted by Gasteiger charge is 2.47. The number of imide groups is 2. The maximum atomic E-state index is 12.2. The maximum Gasteiger partial charge on any atom is 0.335 e. The number of hydrogen-bond acceptors (Lipinski definition) is 3. The van der Waals surface area contributed by atoms with Gasteiger partial charge in [-0.05, 0) is 32.0 Å². The minimum atomic E-state index is -1.25. The first-order valence-electron chi connectivity index (χ1n) is 5.29. The SMILES string of the molecule is CC1(C)C(=O)NC(=O)N(c2cccc(Br)c2)C1=O. The summed E-state index contributed by atoms with van der Waals surface area (Å²) in [5.74, 6) is -1.11. The first-order valence-corrected chi connectivity index (χ1v) is 6.09. The van der Waals surface area contributed by atoms with Crippen molar-refractivity contribution in [2.45, 2.75) is 13.8 Å². The molecule has 1 N–H and O–H groups in total. The number of hydrogen-bond donors (Lipinski definition) is 1. The number of amides is 4. The van der Waals surface area contributed by atoms with Gasteiger partial charge in [0.1, 0.15) is 5.41 Å². The van der Waals surface area contributed by atoms with Gasteiger partial charge < -0.3 is 0 Å². The second-order valence-electron chi connectivity index (χ2n) is 4.50. The number of rotatable bonds is 1. The van der Waals surface area contributed by atoms with Gasteiger partial charge in [0.05, 0.1) is 5.69 Å².